The number of rotatable bonds is 7. The first-order valence-electron chi connectivity index (χ1n) is 5.42. The molecule has 1 nitrogen and oxygen atoms in total. The molecule has 0 unspecified atom stereocenters. The van der Waals surface area contributed by atoms with Crippen molar-refractivity contribution in [2.45, 2.75) is 46.0 Å². The average molecular weight is 208 g/mol. The Kier molecular flexibility index (Phi) is 12.5. The summed E-state index contributed by atoms with van der Waals surface area (Å²) in [4.78, 5) is 1.58. The molecule has 0 aromatic heterocycles. The van der Waals surface area contributed by atoms with Crippen molar-refractivity contribution in [3.63, 3.8) is 0 Å². The molecule has 0 aromatic rings. The zero-order valence-electron chi connectivity index (χ0n) is 9.70. The molecule has 0 atom stereocenters. The fourth-order valence-corrected chi connectivity index (χ4v) is 1.38. The zero-order valence-corrected chi connectivity index (χ0v) is 10.5. The van der Waals surface area contributed by atoms with Gasteiger partial charge >= 0.3 is 0 Å². The molecule has 0 heterocycles. The third-order valence-corrected chi connectivity index (χ3v) is 2.21. The predicted octanol–water partition coefficient (Wildman–Crippen LogP) is -1.26. The summed E-state index contributed by atoms with van der Waals surface area (Å²) in [7, 11) is 4.46. The smallest absolute Gasteiger partial charge is 0.0766 e. The predicted molar refractivity (Wildman–Crippen MR) is 55.6 cm³/mol. The van der Waals surface area contributed by atoms with Gasteiger partial charge in [-0.15, -0.1) is 0 Å². The summed E-state index contributed by atoms with van der Waals surface area (Å²) >= 11 is 0. The molecule has 0 rings (SSSR count). The van der Waals surface area contributed by atoms with E-state index in [1.807, 2.05) is 0 Å². The van der Waals surface area contributed by atoms with Crippen LogP contribution in [-0.2, 0) is 0 Å². The number of hydrogen-bond acceptors (Lipinski definition) is 0. The highest BCUT2D eigenvalue weighted by Crippen LogP contribution is 2.08. The second-order valence-electron chi connectivity index (χ2n) is 4.55. The summed E-state index contributed by atoms with van der Waals surface area (Å²) in [5.74, 6) is 0.893. The van der Waals surface area contributed by atoms with E-state index in [-0.39, 0.29) is 12.4 Å². The molecule has 0 fully saturated rings. The van der Waals surface area contributed by atoms with Crippen LogP contribution in [0.4, 0.5) is 0 Å². The topological polar surface area (TPSA) is 4.44 Å². The molecule has 0 saturated heterocycles. The van der Waals surface area contributed by atoms with Crippen LogP contribution in [0, 0.1) is 5.92 Å². The molecular formula is C11H26ClN. The molecule has 0 amide bonds. The lowest BCUT2D eigenvalue weighted by atomic mass is 10.0. The summed E-state index contributed by atoms with van der Waals surface area (Å²) in [6.45, 7) is 5.95. The van der Waals surface area contributed by atoms with E-state index in [9.17, 15) is 0 Å². The SMILES string of the molecule is CC(C)CCCCCC[NH+](C)C.[Cl-]. The molecule has 1 N–H and O–H groups in total. The molecule has 0 bridgehead atoms. The van der Waals surface area contributed by atoms with Gasteiger partial charge in [-0.25, -0.2) is 0 Å². The van der Waals surface area contributed by atoms with E-state index in [0.29, 0.717) is 0 Å². The zero-order chi connectivity index (χ0) is 9.40. The quantitative estimate of drug-likeness (QED) is 0.498. The lowest BCUT2D eigenvalue weighted by Gasteiger charge is -2.07. The van der Waals surface area contributed by atoms with Gasteiger partial charge in [-0.05, 0) is 18.8 Å². The van der Waals surface area contributed by atoms with Crippen LogP contribution in [0.1, 0.15) is 46.0 Å². The Morgan fingerprint density at radius 1 is 0.923 bits per heavy atom. The molecule has 2 heteroatoms. The van der Waals surface area contributed by atoms with Crippen molar-refractivity contribution >= 4 is 0 Å². The van der Waals surface area contributed by atoms with Gasteiger partial charge in [-0.1, -0.05) is 33.1 Å². The highest BCUT2D eigenvalue weighted by Gasteiger charge is 1.96. The van der Waals surface area contributed by atoms with Gasteiger partial charge in [0.15, 0.2) is 0 Å². The fraction of sp³-hybridized carbons (Fsp3) is 1.00. The Bertz CT molecular complexity index is 80.1. The highest BCUT2D eigenvalue weighted by atomic mass is 35.5. The maximum absolute atomic E-state index is 2.31. The average Bonchev–Trinajstić information content (AvgIpc) is 1.95. The van der Waals surface area contributed by atoms with Crippen molar-refractivity contribution in [2.75, 3.05) is 20.6 Å². The van der Waals surface area contributed by atoms with Gasteiger partial charge in [0, 0.05) is 0 Å². The number of halogens is 1. The minimum Gasteiger partial charge on any atom is -1.00 e. The molecule has 13 heavy (non-hydrogen) atoms. The molecule has 82 valence electrons. The van der Waals surface area contributed by atoms with Crippen LogP contribution < -0.4 is 17.3 Å². The van der Waals surface area contributed by atoms with Crippen molar-refractivity contribution in [1.82, 2.24) is 0 Å². The Morgan fingerprint density at radius 2 is 1.46 bits per heavy atom. The van der Waals surface area contributed by atoms with Crippen molar-refractivity contribution in [3.05, 3.63) is 0 Å². The number of quaternary nitrogens is 1. The van der Waals surface area contributed by atoms with E-state index in [1.165, 1.54) is 38.6 Å². The minimum atomic E-state index is 0. The highest BCUT2D eigenvalue weighted by molar-refractivity contribution is 4.47. The van der Waals surface area contributed by atoms with Gasteiger partial charge in [-0.3, -0.25) is 0 Å². The maximum atomic E-state index is 2.31. The summed E-state index contributed by atoms with van der Waals surface area (Å²) in [6.07, 6.45) is 7.11. The third kappa shape index (κ3) is 15.0. The van der Waals surface area contributed by atoms with Gasteiger partial charge in [0.1, 0.15) is 0 Å². The largest absolute Gasteiger partial charge is 1.00 e. The van der Waals surface area contributed by atoms with Crippen LogP contribution in [0.25, 0.3) is 0 Å². The molecule has 0 radical (unpaired) electrons. The van der Waals surface area contributed by atoms with Crippen molar-refractivity contribution in [3.8, 4) is 0 Å². The third-order valence-electron chi connectivity index (χ3n) is 2.21. The van der Waals surface area contributed by atoms with E-state index in [0.717, 1.165) is 5.92 Å². The molecule has 0 spiro atoms. The Morgan fingerprint density at radius 3 is 1.92 bits per heavy atom. The lowest BCUT2D eigenvalue weighted by Crippen LogP contribution is -3.05. The van der Waals surface area contributed by atoms with Gasteiger partial charge in [0.2, 0.25) is 0 Å². The summed E-state index contributed by atoms with van der Waals surface area (Å²) in [6, 6.07) is 0. The van der Waals surface area contributed by atoms with Gasteiger partial charge in [-0.2, -0.15) is 0 Å². The first-order valence-corrected chi connectivity index (χ1v) is 5.42. The standard InChI is InChI=1S/C11H25N.ClH/c1-11(2)9-7-5-6-8-10-12(3)4;/h11H,5-10H2,1-4H3;1H. The molecule has 0 aliphatic heterocycles. The van der Waals surface area contributed by atoms with Crippen molar-refractivity contribution in [1.29, 1.82) is 0 Å². The van der Waals surface area contributed by atoms with E-state index < -0.39 is 0 Å². The monoisotopic (exact) mass is 207 g/mol. The van der Waals surface area contributed by atoms with Crippen LogP contribution in [-0.4, -0.2) is 20.6 Å². The van der Waals surface area contributed by atoms with Crippen molar-refractivity contribution < 1.29 is 17.3 Å². The Hall–Kier alpha value is 0.250. The van der Waals surface area contributed by atoms with E-state index in [1.54, 1.807) is 4.90 Å². The number of nitrogens with one attached hydrogen (secondary N) is 1. The fourth-order valence-electron chi connectivity index (χ4n) is 1.38. The summed E-state index contributed by atoms with van der Waals surface area (Å²) in [5, 5.41) is 0. The molecule has 0 aliphatic carbocycles. The second-order valence-corrected chi connectivity index (χ2v) is 4.55. The van der Waals surface area contributed by atoms with Gasteiger partial charge in [0.05, 0.1) is 20.6 Å². The van der Waals surface area contributed by atoms with Crippen LogP contribution in [0.2, 0.25) is 0 Å². The van der Waals surface area contributed by atoms with Crippen molar-refractivity contribution in [2.24, 2.45) is 5.92 Å². The van der Waals surface area contributed by atoms with Gasteiger partial charge in [0.25, 0.3) is 0 Å². The maximum Gasteiger partial charge on any atom is 0.0766 e. The van der Waals surface area contributed by atoms with Crippen LogP contribution in [0.15, 0.2) is 0 Å². The summed E-state index contributed by atoms with van der Waals surface area (Å²) < 4.78 is 0. The number of hydrogen-bond donors (Lipinski definition) is 1. The lowest BCUT2D eigenvalue weighted by molar-refractivity contribution is -0.858. The van der Waals surface area contributed by atoms with Crippen LogP contribution >= 0.6 is 0 Å². The second kappa shape index (κ2) is 10.3. The summed E-state index contributed by atoms with van der Waals surface area (Å²) in [5.41, 5.74) is 0. The molecule has 0 aromatic carbocycles. The molecule has 0 saturated carbocycles. The normalized spacial score (nSPS) is 10.6. The molecular weight excluding hydrogens is 182 g/mol. The van der Waals surface area contributed by atoms with Gasteiger partial charge < -0.3 is 17.3 Å². The minimum absolute atomic E-state index is 0. The Balaban J connectivity index is 0. The first-order chi connectivity index (χ1) is 5.63. The van der Waals surface area contributed by atoms with E-state index >= 15 is 0 Å². The number of unbranched alkanes of at least 4 members (excludes halogenated alkanes) is 3. The van der Waals surface area contributed by atoms with Crippen LogP contribution in [0.3, 0.4) is 0 Å². The van der Waals surface area contributed by atoms with E-state index in [4.69, 9.17) is 0 Å². The first kappa shape index (κ1) is 15.7. The Labute approximate surface area is 90.3 Å². The molecule has 0 aliphatic rings. The van der Waals surface area contributed by atoms with Crippen LogP contribution in [0.5, 0.6) is 0 Å². The van der Waals surface area contributed by atoms with E-state index in [2.05, 4.69) is 27.9 Å².